The molecule has 1 atom stereocenters. The van der Waals surface area contributed by atoms with E-state index in [1.54, 1.807) is 57.2 Å². The van der Waals surface area contributed by atoms with E-state index in [1.807, 2.05) is 6.92 Å². The molecule has 0 aliphatic heterocycles. The molecule has 8 nitrogen and oxygen atoms in total. The van der Waals surface area contributed by atoms with E-state index in [1.165, 1.54) is 41.3 Å². The van der Waals surface area contributed by atoms with Crippen molar-refractivity contribution < 1.29 is 27.1 Å². The van der Waals surface area contributed by atoms with Crippen molar-refractivity contribution >= 4 is 43.5 Å². The second-order valence-electron chi connectivity index (χ2n) is 9.38. The molecule has 0 bridgehead atoms. The van der Waals surface area contributed by atoms with Gasteiger partial charge in [-0.1, -0.05) is 28.1 Å². The first-order valence-corrected chi connectivity index (χ1v) is 15.0. The highest BCUT2D eigenvalue weighted by molar-refractivity contribution is 9.10. The summed E-state index contributed by atoms with van der Waals surface area (Å²) >= 11 is 3.31. The average molecular weight is 635 g/mol. The van der Waals surface area contributed by atoms with Crippen molar-refractivity contribution in [3.05, 3.63) is 88.6 Å². The van der Waals surface area contributed by atoms with E-state index in [-0.39, 0.29) is 23.2 Å². The fourth-order valence-corrected chi connectivity index (χ4v) is 5.59. The first-order chi connectivity index (χ1) is 18.9. The van der Waals surface area contributed by atoms with E-state index in [9.17, 15) is 22.4 Å². The molecule has 11 heteroatoms. The van der Waals surface area contributed by atoms with Crippen LogP contribution in [0.2, 0.25) is 0 Å². The summed E-state index contributed by atoms with van der Waals surface area (Å²) in [5.41, 5.74) is 0.836. The Kier molecular flexibility index (Phi) is 10.7. The topological polar surface area (TPSA) is 96.0 Å². The minimum atomic E-state index is -4.19. The summed E-state index contributed by atoms with van der Waals surface area (Å²) in [6.45, 7) is 6.85. The summed E-state index contributed by atoms with van der Waals surface area (Å²) in [5, 5.41) is 2.79. The van der Waals surface area contributed by atoms with Crippen LogP contribution in [-0.2, 0) is 26.2 Å². The maximum Gasteiger partial charge on any atom is 0.264 e. The number of hydrogen-bond acceptors (Lipinski definition) is 5. The molecule has 0 radical (unpaired) electrons. The Balaban J connectivity index is 2.02. The highest BCUT2D eigenvalue weighted by Crippen LogP contribution is 2.27. The molecule has 3 aromatic carbocycles. The van der Waals surface area contributed by atoms with Crippen LogP contribution in [0.15, 0.2) is 82.2 Å². The van der Waals surface area contributed by atoms with E-state index < -0.39 is 40.2 Å². The maximum absolute atomic E-state index is 13.9. The molecular weight excluding hydrogens is 601 g/mol. The van der Waals surface area contributed by atoms with Crippen LogP contribution in [0.3, 0.4) is 0 Å². The molecule has 0 heterocycles. The van der Waals surface area contributed by atoms with E-state index in [2.05, 4.69) is 21.2 Å². The fraction of sp³-hybridized carbons (Fsp3) is 0.310. The zero-order chi connectivity index (χ0) is 29.4. The number of halogens is 2. The molecule has 0 unspecified atom stereocenters. The lowest BCUT2D eigenvalue weighted by molar-refractivity contribution is -0.139. The lowest BCUT2D eigenvalue weighted by Gasteiger charge is -2.32. The molecule has 1 N–H and O–H groups in total. The number of sulfonamides is 1. The predicted octanol–water partition coefficient (Wildman–Crippen LogP) is 5.12. The fourth-order valence-electron chi connectivity index (χ4n) is 3.91. The Hall–Kier alpha value is -3.44. The van der Waals surface area contributed by atoms with E-state index >= 15 is 0 Å². The summed E-state index contributed by atoms with van der Waals surface area (Å²) in [6.07, 6.45) is 0. The summed E-state index contributed by atoms with van der Waals surface area (Å²) in [6, 6.07) is 16.9. The number of rotatable bonds is 12. The van der Waals surface area contributed by atoms with Crippen LogP contribution >= 0.6 is 15.9 Å². The largest absolute Gasteiger partial charge is 0.494 e. The summed E-state index contributed by atoms with van der Waals surface area (Å²) < 4.78 is 48.4. The van der Waals surface area contributed by atoms with E-state index in [0.29, 0.717) is 22.4 Å². The lowest BCUT2D eigenvalue weighted by atomic mass is 10.1. The molecule has 0 saturated heterocycles. The predicted molar refractivity (Wildman–Crippen MR) is 156 cm³/mol. The van der Waals surface area contributed by atoms with Crippen molar-refractivity contribution in [2.45, 2.75) is 51.2 Å². The minimum absolute atomic E-state index is 0.00642. The van der Waals surface area contributed by atoms with Crippen molar-refractivity contribution in [2.24, 2.45) is 0 Å². The highest BCUT2D eigenvalue weighted by atomic mass is 79.9. The number of amides is 2. The second-order valence-corrected chi connectivity index (χ2v) is 12.2. The third-order valence-corrected chi connectivity index (χ3v) is 8.30. The summed E-state index contributed by atoms with van der Waals surface area (Å²) in [7, 11) is -4.19. The smallest absolute Gasteiger partial charge is 0.264 e. The standard InChI is InChI=1S/C29H33BrFN3O5S/c1-5-39-26-14-12-25(13-15-26)34(40(37,38)27-16-8-23(30)9-17-27)19-28(35)33(21(4)29(36)32-20(2)3)18-22-6-10-24(31)11-7-22/h6-17,20-21H,5,18-19H2,1-4H3,(H,32,36)/t21-/m0/s1. The van der Waals surface area contributed by atoms with Gasteiger partial charge in [-0.2, -0.15) is 0 Å². The van der Waals surface area contributed by atoms with E-state index in [4.69, 9.17) is 4.74 Å². The van der Waals surface area contributed by atoms with Gasteiger partial charge in [0.25, 0.3) is 10.0 Å². The zero-order valence-electron chi connectivity index (χ0n) is 22.8. The van der Waals surface area contributed by atoms with Crippen molar-refractivity contribution in [2.75, 3.05) is 17.5 Å². The number of carbonyl (C=O) groups excluding carboxylic acids is 2. The number of hydrogen-bond donors (Lipinski definition) is 1. The number of nitrogens with zero attached hydrogens (tertiary/aromatic N) is 2. The number of benzene rings is 3. The van der Waals surface area contributed by atoms with Gasteiger partial charge < -0.3 is 15.0 Å². The lowest BCUT2D eigenvalue weighted by Crippen LogP contribution is -2.52. The number of ether oxygens (including phenoxy) is 1. The zero-order valence-corrected chi connectivity index (χ0v) is 25.2. The Labute approximate surface area is 243 Å². The van der Waals surface area contributed by atoms with E-state index in [0.717, 1.165) is 4.31 Å². The van der Waals surface area contributed by atoms with Crippen molar-refractivity contribution in [3.8, 4) is 5.75 Å². The van der Waals surface area contributed by atoms with Gasteiger partial charge in [0.2, 0.25) is 11.8 Å². The van der Waals surface area contributed by atoms with Gasteiger partial charge in [-0.05, 0) is 93.9 Å². The Morgan fingerprint density at radius 2 is 1.55 bits per heavy atom. The van der Waals surface area contributed by atoms with Crippen LogP contribution in [0, 0.1) is 5.82 Å². The van der Waals surface area contributed by atoms with Crippen molar-refractivity contribution in [3.63, 3.8) is 0 Å². The van der Waals surface area contributed by atoms with Crippen molar-refractivity contribution in [1.82, 2.24) is 10.2 Å². The van der Waals surface area contributed by atoms with Gasteiger partial charge in [-0.25, -0.2) is 12.8 Å². The molecule has 0 fully saturated rings. The maximum atomic E-state index is 13.9. The number of anilines is 1. The van der Waals surface area contributed by atoms with Gasteiger partial charge in [0, 0.05) is 17.1 Å². The van der Waals surface area contributed by atoms with Gasteiger partial charge in [0.1, 0.15) is 24.2 Å². The summed E-state index contributed by atoms with van der Waals surface area (Å²) in [5.74, 6) is -0.885. The quantitative estimate of drug-likeness (QED) is 0.299. The van der Waals surface area contributed by atoms with Gasteiger partial charge in [-0.3, -0.25) is 13.9 Å². The number of nitrogens with one attached hydrogen (secondary N) is 1. The third kappa shape index (κ3) is 8.04. The van der Waals surface area contributed by atoms with Gasteiger partial charge >= 0.3 is 0 Å². The summed E-state index contributed by atoms with van der Waals surface area (Å²) in [4.78, 5) is 28.1. The Morgan fingerprint density at radius 3 is 2.10 bits per heavy atom. The first-order valence-electron chi connectivity index (χ1n) is 12.8. The molecule has 0 spiro atoms. The van der Waals surface area contributed by atoms with Gasteiger partial charge in [-0.15, -0.1) is 0 Å². The van der Waals surface area contributed by atoms with Crippen LogP contribution in [0.25, 0.3) is 0 Å². The third-order valence-electron chi connectivity index (χ3n) is 5.98. The van der Waals surface area contributed by atoms with Crippen LogP contribution in [0.1, 0.15) is 33.3 Å². The Bertz CT molecular complexity index is 1400. The van der Waals surface area contributed by atoms with Crippen LogP contribution in [0.4, 0.5) is 10.1 Å². The van der Waals surface area contributed by atoms with Crippen LogP contribution < -0.4 is 14.4 Å². The molecule has 0 aliphatic carbocycles. The monoisotopic (exact) mass is 633 g/mol. The molecule has 214 valence electrons. The Morgan fingerprint density at radius 1 is 0.950 bits per heavy atom. The highest BCUT2D eigenvalue weighted by Gasteiger charge is 2.32. The molecular formula is C29H33BrFN3O5S. The van der Waals surface area contributed by atoms with Crippen molar-refractivity contribution in [1.29, 1.82) is 0 Å². The molecule has 3 aromatic rings. The average Bonchev–Trinajstić information content (AvgIpc) is 2.91. The normalized spacial score (nSPS) is 12.1. The van der Waals surface area contributed by atoms with Crippen LogP contribution in [-0.4, -0.2) is 50.4 Å². The van der Waals surface area contributed by atoms with Crippen LogP contribution in [0.5, 0.6) is 5.75 Å². The van der Waals surface area contributed by atoms with Gasteiger partial charge in [0.15, 0.2) is 0 Å². The number of carbonyl (C=O) groups is 2. The van der Waals surface area contributed by atoms with Gasteiger partial charge in [0.05, 0.1) is 17.2 Å². The molecule has 2 amide bonds. The first kappa shape index (κ1) is 31.1. The molecule has 3 rings (SSSR count). The molecule has 0 aliphatic rings. The molecule has 0 aromatic heterocycles. The molecule has 0 saturated carbocycles. The SMILES string of the molecule is CCOc1ccc(N(CC(=O)N(Cc2ccc(F)cc2)[C@@H](C)C(=O)NC(C)C)S(=O)(=O)c2ccc(Br)cc2)cc1. The minimum Gasteiger partial charge on any atom is -0.494 e. The second kappa shape index (κ2) is 13.8. The molecule has 40 heavy (non-hydrogen) atoms.